The Balaban J connectivity index is 2.41. The van der Waals surface area contributed by atoms with E-state index in [4.69, 9.17) is 9.47 Å². The monoisotopic (exact) mass is 310 g/mol. The summed E-state index contributed by atoms with van der Waals surface area (Å²) >= 11 is 0. The van der Waals surface area contributed by atoms with Gasteiger partial charge in [0.05, 0.1) is 7.11 Å². The molecule has 0 bridgehead atoms. The predicted octanol–water partition coefficient (Wildman–Crippen LogP) is 2.40. The number of nitrogens with one attached hydrogen (secondary N) is 2. The molecule has 1 rings (SSSR count). The lowest BCUT2D eigenvalue weighted by atomic mass is 10.1. The average molecular weight is 310 g/mol. The van der Waals surface area contributed by atoms with Crippen molar-refractivity contribution in [2.45, 2.75) is 45.9 Å². The van der Waals surface area contributed by atoms with Crippen LogP contribution in [-0.2, 0) is 11.3 Å². The molecule has 6 heteroatoms. The molecule has 1 aromatic carbocycles. The molecule has 0 aliphatic heterocycles. The molecule has 1 amide bonds. The van der Waals surface area contributed by atoms with E-state index in [-0.39, 0.29) is 11.8 Å². The number of aromatic hydroxyl groups is 1. The maximum absolute atomic E-state index is 11.6. The number of carbonyl (C=O) groups is 1. The number of amides is 1. The molecule has 1 unspecified atom stereocenters. The summed E-state index contributed by atoms with van der Waals surface area (Å²) in [6.45, 7) is 8.30. The second kappa shape index (κ2) is 7.89. The minimum absolute atomic E-state index is 0.0260. The molecule has 0 radical (unpaired) electrons. The van der Waals surface area contributed by atoms with Gasteiger partial charge in [0.25, 0.3) is 0 Å². The van der Waals surface area contributed by atoms with E-state index in [9.17, 15) is 9.90 Å². The van der Waals surface area contributed by atoms with Crippen LogP contribution in [0.1, 0.15) is 33.3 Å². The van der Waals surface area contributed by atoms with Crippen LogP contribution in [-0.4, -0.2) is 36.5 Å². The van der Waals surface area contributed by atoms with Gasteiger partial charge in [0, 0.05) is 24.7 Å². The van der Waals surface area contributed by atoms with Crippen LogP contribution in [0, 0.1) is 0 Å². The number of para-hydroxylation sites is 1. The van der Waals surface area contributed by atoms with E-state index < -0.39 is 11.7 Å². The Kier molecular flexibility index (Phi) is 6.49. The molecular weight excluding hydrogens is 284 g/mol. The normalized spacial score (nSPS) is 12.6. The second-order valence-electron chi connectivity index (χ2n) is 6.13. The third-order valence-corrected chi connectivity index (χ3v) is 2.89. The van der Waals surface area contributed by atoms with Crippen molar-refractivity contribution in [1.82, 2.24) is 10.6 Å². The van der Waals surface area contributed by atoms with Crippen LogP contribution in [0.25, 0.3) is 0 Å². The zero-order valence-corrected chi connectivity index (χ0v) is 13.9. The summed E-state index contributed by atoms with van der Waals surface area (Å²) in [6.07, 6.45) is -0.439. The minimum atomic E-state index is -0.507. The van der Waals surface area contributed by atoms with Gasteiger partial charge in [-0.3, -0.25) is 0 Å². The smallest absolute Gasteiger partial charge is 0.407 e. The SMILES string of the molecule is COc1cccc(CNC(C)CNC(=O)OC(C)(C)C)c1O. The summed E-state index contributed by atoms with van der Waals surface area (Å²) in [4.78, 5) is 11.6. The number of methoxy groups -OCH3 is 1. The Morgan fingerprint density at radius 3 is 2.64 bits per heavy atom. The van der Waals surface area contributed by atoms with Crippen LogP contribution in [0.15, 0.2) is 18.2 Å². The molecule has 1 aromatic rings. The number of ether oxygens (including phenoxy) is 2. The fourth-order valence-electron chi connectivity index (χ4n) is 1.78. The van der Waals surface area contributed by atoms with Gasteiger partial charge in [0.15, 0.2) is 11.5 Å². The molecule has 0 saturated heterocycles. The van der Waals surface area contributed by atoms with Gasteiger partial charge in [0.2, 0.25) is 0 Å². The Hall–Kier alpha value is -1.95. The average Bonchev–Trinajstić information content (AvgIpc) is 2.42. The molecule has 0 aliphatic rings. The Labute approximate surface area is 131 Å². The van der Waals surface area contributed by atoms with E-state index in [0.29, 0.717) is 18.8 Å². The first kappa shape index (κ1) is 18.1. The van der Waals surface area contributed by atoms with Crippen molar-refractivity contribution >= 4 is 6.09 Å². The van der Waals surface area contributed by atoms with Gasteiger partial charge in [-0.15, -0.1) is 0 Å². The highest BCUT2D eigenvalue weighted by atomic mass is 16.6. The number of alkyl carbamates (subject to hydrolysis) is 1. The van der Waals surface area contributed by atoms with Crippen molar-refractivity contribution in [1.29, 1.82) is 0 Å². The predicted molar refractivity (Wildman–Crippen MR) is 85.2 cm³/mol. The van der Waals surface area contributed by atoms with E-state index in [1.807, 2.05) is 39.8 Å². The molecule has 0 aromatic heterocycles. The lowest BCUT2D eigenvalue weighted by Gasteiger charge is -2.21. The molecule has 1 atom stereocenters. The number of benzene rings is 1. The van der Waals surface area contributed by atoms with Gasteiger partial charge < -0.3 is 25.2 Å². The maximum Gasteiger partial charge on any atom is 0.407 e. The highest BCUT2D eigenvalue weighted by Crippen LogP contribution is 2.29. The van der Waals surface area contributed by atoms with E-state index in [1.54, 1.807) is 6.07 Å². The van der Waals surface area contributed by atoms with Crippen LogP contribution in [0.4, 0.5) is 4.79 Å². The van der Waals surface area contributed by atoms with Crippen LogP contribution in [0.3, 0.4) is 0 Å². The fourth-order valence-corrected chi connectivity index (χ4v) is 1.78. The summed E-state index contributed by atoms with van der Waals surface area (Å²) in [5.74, 6) is 0.573. The molecule has 0 aliphatic carbocycles. The molecule has 0 heterocycles. The van der Waals surface area contributed by atoms with Gasteiger partial charge in [-0.05, 0) is 33.8 Å². The summed E-state index contributed by atoms with van der Waals surface area (Å²) in [7, 11) is 1.51. The topological polar surface area (TPSA) is 79.8 Å². The van der Waals surface area contributed by atoms with Crippen molar-refractivity contribution < 1.29 is 19.4 Å². The van der Waals surface area contributed by atoms with Crippen LogP contribution >= 0.6 is 0 Å². The summed E-state index contributed by atoms with van der Waals surface area (Å²) in [5.41, 5.74) is 0.233. The van der Waals surface area contributed by atoms with Gasteiger partial charge in [-0.2, -0.15) is 0 Å². The van der Waals surface area contributed by atoms with Crippen LogP contribution < -0.4 is 15.4 Å². The molecule has 3 N–H and O–H groups in total. The number of phenols is 1. The van der Waals surface area contributed by atoms with Gasteiger partial charge >= 0.3 is 6.09 Å². The van der Waals surface area contributed by atoms with Crippen molar-refractivity contribution in [3.63, 3.8) is 0 Å². The summed E-state index contributed by atoms with van der Waals surface area (Å²) < 4.78 is 10.2. The van der Waals surface area contributed by atoms with E-state index in [0.717, 1.165) is 5.56 Å². The lowest BCUT2D eigenvalue weighted by molar-refractivity contribution is 0.0523. The molecule has 22 heavy (non-hydrogen) atoms. The molecule has 0 spiro atoms. The zero-order valence-electron chi connectivity index (χ0n) is 13.9. The Morgan fingerprint density at radius 2 is 2.05 bits per heavy atom. The fraction of sp³-hybridized carbons (Fsp3) is 0.562. The highest BCUT2D eigenvalue weighted by Gasteiger charge is 2.16. The number of phenolic OH excluding ortho intramolecular Hbond substituents is 1. The van der Waals surface area contributed by atoms with Crippen molar-refractivity contribution in [2.75, 3.05) is 13.7 Å². The molecular formula is C16H26N2O4. The second-order valence-corrected chi connectivity index (χ2v) is 6.13. The molecule has 124 valence electrons. The zero-order chi connectivity index (χ0) is 16.8. The van der Waals surface area contributed by atoms with Crippen LogP contribution in [0.5, 0.6) is 11.5 Å². The third-order valence-electron chi connectivity index (χ3n) is 2.89. The van der Waals surface area contributed by atoms with Crippen molar-refractivity contribution in [2.24, 2.45) is 0 Å². The van der Waals surface area contributed by atoms with Gasteiger partial charge in [-0.1, -0.05) is 12.1 Å². The van der Waals surface area contributed by atoms with E-state index in [1.165, 1.54) is 7.11 Å². The largest absolute Gasteiger partial charge is 0.504 e. The number of rotatable bonds is 6. The van der Waals surface area contributed by atoms with Gasteiger partial charge in [0.1, 0.15) is 5.60 Å². The Bertz CT molecular complexity index is 497. The third kappa shape index (κ3) is 6.22. The standard InChI is InChI=1S/C16H26N2O4/c1-11(9-18-15(20)22-16(2,3)4)17-10-12-7-6-8-13(21-5)14(12)19/h6-8,11,17,19H,9-10H2,1-5H3,(H,18,20). The maximum atomic E-state index is 11.6. The highest BCUT2D eigenvalue weighted by molar-refractivity contribution is 5.67. The number of hydrogen-bond acceptors (Lipinski definition) is 5. The number of hydrogen-bond donors (Lipinski definition) is 3. The molecule has 0 fully saturated rings. The first-order valence-corrected chi connectivity index (χ1v) is 7.28. The summed E-state index contributed by atoms with van der Waals surface area (Å²) in [5, 5.41) is 15.9. The van der Waals surface area contributed by atoms with Gasteiger partial charge in [-0.25, -0.2) is 4.79 Å². The van der Waals surface area contributed by atoms with Crippen molar-refractivity contribution in [3.05, 3.63) is 23.8 Å². The molecule has 6 nitrogen and oxygen atoms in total. The van der Waals surface area contributed by atoms with E-state index in [2.05, 4.69) is 10.6 Å². The molecule has 0 saturated carbocycles. The minimum Gasteiger partial charge on any atom is -0.504 e. The first-order valence-electron chi connectivity index (χ1n) is 7.28. The van der Waals surface area contributed by atoms with Crippen LogP contribution in [0.2, 0.25) is 0 Å². The van der Waals surface area contributed by atoms with E-state index >= 15 is 0 Å². The first-order chi connectivity index (χ1) is 10.2. The Morgan fingerprint density at radius 1 is 1.36 bits per heavy atom. The summed E-state index contributed by atoms with van der Waals surface area (Å²) in [6, 6.07) is 5.36. The van der Waals surface area contributed by atoms with Crippen molar-refractivity contribution in [3.8, 4) is 11.5 Å². The lowest BCUT2D eigenvalue weighted by Crippen LogP contribution is -2.41. The number of carbonyl (C=O) groups excluding carboxylic acids is 1. The quantitative estimate of drug-likeness (QED) is 0.752.